The number of aryl methyl sites for hydroxylation is 1. The van der Waals surface area contributed by atoms with Gasteiger partial charge in [0, 0.05) is 24.3 Å². The van der Waals surface area contributed by atoms with Crippen LogP contribution in [0.25, 0.3) is 10.2 Å². The van der Waals surface area contributed by atoms with Crippen molar-refractivity contribution >= 4 is 50.4 Å². The summed E-state index contributed by atoms with van der Waals surface area (Å²) < 4.78 is 1.94. The molecule has 2 aromatic heterocycles. The zero-order chi connectivity index (χ0) is 16.2. The van der Waals surface area contributed by atoms with E-state index in [1.807, 2.05) is 42.2 Å². The van der Waals surface area contributed by atoms with E-state index in [0.717, 1.165) is 19.7 Å². The van der Waals surface area contributed by atoms with Gasteiger partial charge in [0.2, 0.25) is 5.91 Å². The molecule has 0 N–H and O–H groups in total. The second kappa shape index (κ2) is 7.43. The average molecular weight is 365 g/mol. The number of carbonyl (C=O) groups is 1. The first-order chi connectivity index (χ1) is 11.2. The highest BCUT2D eigenvalue weighted by molar-refractivity contribution is 7.18. The lowest BCUT2D eigenvalue weighted by Gasteiger charge is -2.19. The number of amides is 1. The molecule has 0 bridgehead atoms. The molecule has 0 unspecified atom stereocenters. The number of thiazole rings is 1. The molecule has 6 heteroatoms. The van der Waals surface area contributed by atoms with Crippen LogP contribution >= 0.6 is 34.3 Å². The Balaban J connectivity index is 1.60. The molecule has 3 aromatic rings. The average Bonchev–Trinajstić information content (AvgIpc) is 3.15. The van der Waals surface area contributed by atoms with E-state index in [1.54, 1.807) is 11.3 Å². The van der Waals surface area contributed by atoms with Crippen molar-refractivity contribution < 1.29 is 4.79 Å². The zero-order valence-corrected chi connectivity index (χ0v) is 15.2. The van der Waals surface area contributed by atoms with E-state index in [9.17, 15) is 4.79 Å². The van der Waals surface area contributed by atoms with Gasteiger partial charge in [-0.05, 0) is 31.2 Å². The summed E-state index contributed by atoms with van der Waals surface area (Å²) in [7, 11) is 0. The summed E-state index contributed by atoms with van der Waals surface area (Å²) in [6, 6.07) is 11.9. The van der Waals surface area contributed by atoms with E-state index in [4.69, 9.17) is 11.6 Å². The lowest BCUT2D eigenvalue weighted by Crippen LogP contribution is -2.30. The third-order valence-corrected chi connectivity index (χ3v) is 5.91. The molecule has 0 aliphatic heterocycles. The molecular weight excluding hydrogens is 348 g/mol. The van der Waals surface area contributed by atoms with Gasteiger partial charge in [0.15, 0.2) is 0 Å². The predicted molar refractivity (Wildman–Crippen MR) is 98.4 cm³/mol. The van der Waals surface area contributed by atoms with E-state index >= 15 is 0 Å². The summed E-state index contributed by atoms with van der Waals surface area (Å²) in [6.07, 6.45) is 1.19. The van der Waals surface area contributed by atoms with Crippen LogP contribution in [-0.4, -0.2) is 22.3 Å². The molecule has 0 fully saturated rings. The van der Waals surface area contributed by atoms with Crippen LogP contribution in [0.2, 0.25) is 4.34 Å². The predicted octanol–water partition coefficient (Wildman–Crippen LogP) is 4.99. The molecule has 0 radical (unpaired) electrons. The third kappa shape index (κ3) is 4.10. The quantitative estimate of drug-likeness (QED) is 0.617. The summed E-state index contributed by atoms with van der Waals surface area (Å²) >= 11 is 9.15. The number of carbonyl (C=O) groups excluding carboxylic acids is 1. The summed E-state index contributed by atoms with van der Waals surface area (Å²) in [5, 5.41) is 1.02. The number of aromatic nitrogens is 1. The van der Waals surface area contributed by atoms with Gasteiger partial charge in [-0.15, -0.1) is 22.7 Å². The number of para-hydroxylation sites is 1. The number of halogens is 1. The second-order valence-corrected chi connectivity index (χ2v) is 8.10. The molecule has 23 heavy (non-hydrogen) atoms. The largest absolute Gasteiger partial charge is 0.338 e. The number of rotatable bonds is 6. The van der Waals surface area contributed by atoms with E-state index in [1.165, 1.54) is 16.0 Å². The lowest BCUT2D eigenvalue weighted by atomic mass is 10.2. The van der Waals surface area contributed by atoms with Crippen LogP contribution in [0.1, 0.15) is 23.2 Å². The Morgan fingerprint density at radius 2 is 2.04 bits per heavy atom. The highest BCUT2D eigenvalue weighted by atomic mass is 35.5. The summed E-state index contributed by atoms with van der Waals surface area (Å²) in [5.74, 6) is 0.163. The second-order valence-electron chi connectivity index (χ2n) is 5.19. The Morgan fingerprint density at radius 3 is 2.74 bits per heavy atom. The van der Waals surface area contributed by atoms with Crippen molar-refractivity contribution in [3.8, 4) is 0 Å². The van der Waals surface area contributed by atoms with Crippen LogP contribution < -0.4 is 0 Å². The Kier molecular flexibility index (Phi) is 5.30. The van der Waals surface area contributed by atoms with E-state index in [2.05, 4.69) is 11.1 Å². The fourth-order valence-electron chi connectivity index (χ4n) is 2.40. The monoisotopic (exact) mass is 364 g/mol. The summed E-state index contributed by atoms with van der Waals surface area (Å²) in [4.78, 5) is 20.0. The number of hydrogen-bond acceptors (Lipinski definition) is 4. The molecule has 0 aliphatic rings. The maximum Gasteiger partial charge on any atom is 0.223 e. The SMILES string of the molecule is CCN(Cc1ccc(Cl)s1)C(=O)CCc1nc2ccccc2s1. The van der Waals surface area contributed by atoms with Crippen molar-refractivity contribution in [3.63, 3.8) is 0 Å². The van der Waals surface area contributed by atoms with Crippen LogP contribution in [0.15, 0.2) is 36.4 Å². The molecule has 3 rings (SSSR count). The molecule has 0 saturated carbocycles. The van der Waals surface area contributed by atoms with Crippen LogP contribution in [0, 0.1) is 0 Å². The number of benzene rings is 1. The number of hydrogen-bond donors (Lipinski definition) is 0. The van der Waals surface area contributed by atoms with E-state index < -0.39 is 0 Å². The molecule has 2 heterocycles. The molecule has 0 saturated heterocycles. The number of fused-ring (bicyclic) bond motifs is 1. The first-order valence-corrected chi connectivity index (χ1v) is 9.53. The van der Waals surface area contributed by atoms with Crippen LogP contribution in [0.4, 0.5) is 0 Å². The Hall–Kier alpha value is -1.43. The van der Waals surface area contributed by atoms with Gasteiger partial charge in [-0.2, -0.15) is 0 Å². The Labute approximate surface area is 148 Å². The molecule has 120 valence electrons. The fourth-order valence-corrected chi connectivity index (χ4v) is 4.47. The highest BCUT2D eigenvalue weighted by Crippen LogP contribution is 2.24. The van der Waals surface area contributed by atoms with Crippen molar-refractivity contribution in [1.82, 2.24) is 9.88 Å². The topological polar surface area (TPSA) is 33.2 Å². The van der Waals surface area contributed by atoms with Crippen molar-refractivity contribution in [1.29, 1.82) is 0 Å². The van der Waals surface area contributed by atoms with Gasteiger partial charge in [0.25, 0.3) is 0 Å². The summed E-state index contributed by atoms with van der Waals surface area (Å²) in [6.45, 7) is 3.34. The lowest BCUT2D eigenvalue weighted by molar-refractivity contribution is -0.131. The van der Waals surface area contributed by atoms with Crippen LogP contribution in [0.5, 0.6) is 0 Å². The van der Waals surface area contributed by atoms with Crippen molar-refractivity contribution in [2.45, 2.75) is 26.3 Å². The van der Waals surface area contributed by atoms with Gasteiger partial charge in [0.1, 0.15) is 0 Å². The fraction of sp³-hybridized carbons (Fsp3) is 0.294. The maximum absolute atomic E-state index is 12.4. The van der Waals surface area contributed by atoms with E-state index in [-0.39, 0.29) is 5.91 Å². The summed E-state index contributed by atoms with van der Waals surface area (Å²) in [5.41, 5.74) is 1.01. The molecule has 0 aliphatic carbocycles. The van der Waals surface area contributed by atoms with Gasteiger partial charge in [0.05, 0.1) is 26.1 Å². The van der Waals surface area contributed by atoms with Crippen LogP contribution in [-0.2, 0) is 17.8 Å². The normalized spacial score (nSPS) is 11.0. The van der Waals surface area contributed by atoms with Crippen molar-refractivity contribution in [2.75, 3.05) is 6.54 Å². The minimum atomic E-state index is 0.163. The van der Waals surface area contributed by atoms with E-state index in [0.29, 0.717) is 25.9 Å². The molecule has 3 nitrogen and oxygen atoms in total. The molecule has 1 aromatic carbocycles. The molecule has 0 spiro atoms. The van der Waals surface area contributed by atoms with Crippen LogP contribution in [0.3, 0.4) is 0 Å². The maximum atomic E-state index is 12.4. The standard InChI is InChI=1S/C17H17ClN2OS2/c1-2-20(11-12-7-8-15(18)22-12)17(21)10-9-16-19-13-5-3-4-6-14(13)23-16/h3-8H,2,9-11H2,1H3. The van der Waals surface area contributed by atoms with Gasteiger partial charge in [-0.3, -0.25) is 4.79 Å². The van der Waals surface area contributed by atoms with Crippen molar-refractivity contribution in [3.05, 3.63) is 50.6 Å². The molecular formula is C17H17ClN2OS2. The van der Waals surface area contributed by atoms with Gasteiger partial charge in [-0.25, -0.2) is 4.98 Å². The first-order valence-electron chi connectivity index (χ1n) is 7.52. The minimum Gasteiger partial charge on any atom is -0.338 e. The number of thiophene rings is 1. The Morgan fingerprint density at radius 1 is 1.22 bits per heavy atom. The minimum absolute atomic E-state index is 0.163. The van der Waals surface area contributed by atoms with Gasteiger partial charge in [-0.1, -0.05) is 23.7 Å². The third-order valence-electron chi connectivity index (χ3n) is 3.60. The van der Waals surface area contributed by atoms with Crippen molar-refractivity contribution in [2.24, 2.45) is 0 Å². The Bertz CT molecular complexity index is 779. The van der Waals surface area contributed by atoms with Gasteiger partial charge < -0.3 is 4.90 Å². The smallest absolute Gasteiger partial charge is 0.223 e. The molecule has 0 atom stereocenters. The first kappa shape index (κ1) is 16.4. The number of nitrogens with zero attached hydrogens (tertiary/aromatic N) is 2. The zero-order valence-electron chi connectivity index (χ0n) is 12.8. The van der Waals surface area contributed by atoms with Gasteiger partial charge >= 0.3 is 0 Å². The highest BCUT2D eigenvalue weighted by Gasteiger charge is 2.14. The molecule has 1 amide bonds.